The maximum Gasteiger partial charge on any atom is 0.217 e. The first-order chi connectivity index (χ1) is 6.80. The van der Waals surface area contributed by atoms with Gasteiger partial charge in [0.1, 0.15) is 0 Å². The largest absolute Gasteiger partial charge is 0.346 e. The van der Waals surface area contributed by atoms with Crippen molar-refractivity contribution in [1.82, 2.24) is 5.32 Å². The number of hydrogen-bond donors (Lipinski definition) is 1. The smallest absolute Gasteiger partial charge is 0.217 e. The van der Waals surface area contributed by atoms with Gasteiger partial charge in [0, 0.05) is 12.3 Å². The molecular weight excluding hydrogens is 190 g/mol. The summed E-state index contributed by atoms with van der Waals surface area (Å²) < 4.78 is 0. The first-order valence-electron chi connectivity index (χ1n) is 5.62. The van der Waals surface area contributed by atoms with Gasteiger partial charge in [-0.2, -0.15) is 0 Å². The van der Waals surface area contributed by atoms with Crippen LogP contribution < -0.4 is 5.32 Å². The number of amides is 1. The molecule has 2 rings (SSSR count). The number of ketones is 1. The van der Waals surface area contributed by atoms with Crippen LogP contribution in [0.3, 0.4) is 0 Å². The van der Waals surface area contributed by atoms with Crippen LogP contribution in [-0.2, 0) is 9.59 Å². The molecule has 0 radical (unpaired) electrons. The molecule has 0 aliphatic heterocycles. The van der Waals surface area contributed by atoms with Crippen LogP contribution in [0.2, 0.25) is 0 Å². The minimum absolute atomic E-state index is 0.0250. The zero-order valence-corrected chi connectivity index (χ0v) is 9.89. The van der Waals surface area contributed by atoms with E-state index in [1.54, 1.807) is 0 Å². The lowest BCUT2D eigenvalue weighted by atomic mass is 9.70. The fourth-order valence-corrected chi connectivity index (χ4v) is 3.47. The second kappa shape index (κ2) is 2.83. The molecule has 0 heterocycles. The van der Waals surface area contributed by atoms with Crippen LogP contribution in [-0.4, -0.2) is 17.7 Å². The molecule has 2 saturated carbocycles. The summed E-state index contributed by atoms with van der Waals surface area (Å²) in [5, 5.41) is 2.82. The zero-order valence-electron chi connectivity index (χ0n) is 9.89. The maximum absolute atomic E-state index is 12.2. The summed E-state index contributed by atoms with van der Waals surface area (Å²) in [5.74, 6) is 0.457. The Hall–Kier alpha value is -0.860. The Morgan fingerprint density at radius 2 is 2.00 bits per heavy atom. The molecule has 0 spiro atoms. The van der Waals surface area contributed by atoms with Crippen molar-refractivity contribution in [2.24, 2.45) is 16.7 Å². The van der Waals surface area contributed by atoms with Gasteiger partial charge in [-0.1, -0.05) is 20.8 Å². The van der Waals surface area contributed by atoms with E-state index in [1.165, 1.54) is 6.92 Å². The number of carbonyl (C=O) groups is 2. The lowest BCUT2D eigenvalue weighted by Crippen LogP contribution is -2.45. The summed E-state index contributed by atoms with van der Waals surface area (Å²) in [6.45, 7) is 7.85. The molecule has 0 saturated heterocycles. The first kappa shape index (κ1) is 10.7. The normalized spacial score (nSPS) is 42.0. The second-order valence-corrected chi connectivity index (χ2v) is 5.74. The van der Waals surface area contributed by atoms with Crippen LogP contribution in [0.5, 0.6) is 0 Å². The first-order valence-corrected chi connectivity index (χ1v) is 5.62. The molecule has 1 amide bonds. The molecule has 2 bridgehead atoms. The molecule has 3 atom stereocenters. The highest BCUT2D eigenvalue weighted by molar-refractivity contribution is 5.96. The van der Waals surface area contributed by atoms with E-state index in [4.69, 9.17) is 0 Å². The van der Waals surface area contributed by atoms with E-state index in [0.717, 1.165) is 12.8 Å². The Kier molecular flexibility index (Phi) is 2.01. The van der Waals surface area contributed by atoms with Crippen LogP contribution in [0, 0.1) is 16.7 Å². The Labute approximate surface area is 90.6 Å². The predicted molar refractivity (Wildman–Crippen MR) is 57.2 cm³/mol. The van der Waals surface area contributed by atoms with E-state index >= 15 is 0 Å². The second-order valence-electron chi connectivity index (χ2n) is 5.74. The van der Waals surface area contributed by atoms with Gasteiger partial charge in [0.2, 0.25) is 5.91 Å². The van der Waals surface area contributed by atoms with E-state index in [1.807, 2.05) is 0 Å². The van der Waals surface area contributed by atoms with Gasteiger partial charge in [0.15, 0.2) is 5.78 Å². The van der Waals surface area contributed by atoms with Crippen molar-refractivity contribution in [1.29, 1.82) is 0 Å². The predicted octanol–water partition coefficient (Wildman–Crippen LogP) is 1.52. The third-order valence-corrected chi connectivity index (χ3v) is 4.89. The Balaban J connectivity index is 2.34. The van der Waals surface area contributed by atoms with Crippen molar-refractivity contribution in [3.05, 3.63) is 0 Å². The fourth-order valence-electron chi connectivity index (χ4n) is 3.47. The topological polar surface area (TPSA) is 46.2 Å². The van der Waals surface area contributed by atoms with E-state index in [2.05, 4.69) is 26.1 Å². The van der Waals surface area contributed by atoms with Crippen molar-refractivity contribution in [2.75, 3.05) is 0 Å². The average molecular weight is 209 g/mol. The highest BCUT2D eigenvalue weighted by atomic mass is 16.2. The van der Waals surface area contributed by atoms with Crippen LogP contribution in [0.25, 0.3) is 0 Å². The Bertz CT molecular complexity index is 335. The zero-order chi connectivity index (χ0) is 11.4. The van der Waals surface area contributed by atoms with Gasteiger partial charge < -0.3 is 5.32 Å². The number of rotatable bonds is 1. The molecule has 0 unspecified atom stereocenters. The summed E-state index contributed by atoms with van der Waals surface area (Å²) in [7, 11) is 0. The van der Waals surface area contributed by atoms with Gasteiger partial charge in [-0.3, -0.25) is 9.59 Å². The molecule has 15 heavy (non-hydrogen) atoms. The van der Waals surface area contributed by atoms with Crippen molar-refractivity contribution in [2.45, 2.75) is 46.6 Å². The number of Topliss-reactive ketones (excluding diaryl/α,β-unsaturated/α-hetero) is 1. The molecule has 2 aliphatic rings. The number of carbonyl (C=O) groups excluding carboxylic acids is 2. The summed E-state index contributed by atoms with van der Waals surface area (Å²) in [5.41, 5.74) is -0.206. The Morgan fingerprint density at radius 3 is 2.40 bits per heavy atom. The van der Waals surface area contributed by atoms with E-state index < -0.39 is 0 Å². The van der Waals surface area contributed by atoms with E-state index in [0.29, 0.717) is 5.92 Å². The molecular formula is C12H19NO2. The monoisotopic (exact) mass is 209 g/mol. The summed E-state index contributed by atoms with van der Waals surface area (Å²) in [6.07, 6.45) is 2.03. The van der Waals surface area contributed by atoms with E-state index in [-0.39, 0.29) is 28.6 Å². The van der Waals surface area contributed by atoms with Gasteiger partial charge in [0.25, 0.3) is 0 Å². The minimum Gasteiger partial charge on any atom is -0.346 e. The maximum atomic E-state index is 12.2. The van der Waals surface area contributed by atoms with E-state index in [9.17, 15) is 9.59 Å². The van der Waals surface area contributed by atoms with Crippen molar-refractivity contribution < 1.29 is 9.59 Å². The van der Waals surface area contributed by atoms with Gasteiger partial charge in [-0.05, 0) is 24.2 Å². The van der Waals surface area contributed by atoms with Crippen LogP contribution >= 0.6 is 0 Å². The SMILES string of the molecule is CC(=O)N[C@H]1C(=O)[C@]2(C)CC[C@H]1C2(C)C. The van der Waals surface area contributed by atoms with Crippen LogP contribution in [0.15, 0.2) is 0 Å². The molecule has 0 aromatic heterocycles. The third-order valence-electron chi connectivity index (χ3n) is 4.89. The lowest BCUT2D eigenvalue weighted by Gasteiger charge is -2.32. The quantitative estimate of drug-likeness (QED) is 0.711. The molecule has 0 aromatic rings. The fraction of sp³-hybridized carbons (Fsp3) is 0.833. The van der Waals surface area contributed by atoms with Gasteiger partial charge in [0.05, 0.1) is 6.04 Å². The molecule has 1 N–H and O–H groups in total. The average Bonchev–Trinajstić information content (AvgIpc) is 2.40. The highest BCUT2D eigenvalue weighted by Gasteiger charge is 2.66. The number of nitrogens with one attached hydrogen (secondary N) is 1. The number of hydrogen-bond acceptors (Lipinski definition) is 2. The lowest BCUT2D eigenvalue weighted by molar-refractivity contribution is -0.132. The Morgan fingerprint density at radius 1 is 1.40 bits per heavy atom. The molecule has 3 nitrogen and oxygen atoms in total. The highest BCUT2D eigenvalue weighted by Crippen LogP contribution is 2.63. The van der Waals surface area contributed by atoms with Crippen molar-refractivity contribution in [3.8, 4) is 0 Å². The summed E-state index contributed by atoms with van der Waals surface area (Å²) >= 11 is 0. The third kappa shape index (κ3) is 1.12. The van der Waals surface area contributed by atoms with Crippen LogP contribution in [0.1, 0.15) is 40.5 Å². The van der Waals surface area contributed by atoms with Gasteiger partial charge in [-0.25, -0.2) is 0 Å². The molecule has 3 heteroatoms. The molecule has 0 aromatic carbocycles. The molecule has 84 valence electrons. The standard InChI is InChI=1S/C12H19NO2/c1-7(14)13-9-8-5-6-12(4,10(9)15)11(8,2)3/h8-9H,5-6H2,1-4H3,(H,13,14)/t8-,9-,12+/m1/s1. The van der Waals surface area contributed by atoms with Gasteiger partial charge in [-0.15, -0.1) is 0 Å². The van der Waals surface area contributed by atoms with Crippen molar-refractivity contribution >= 4 is 11.7 Å². The summed E-state index contributed by atoms with van der Waals surface area (Å²) in [6, 6.07) is -0.240. The van der Waals surface area contributed by atoms with Crippen molar-refractivity contribution in [3.63, 3.8) is 0 Å². The number of fused-ring (bicyclic) bond motifs is 2. The van der Waals surface area contributed by atoms with Crippen LogP contribution in [0.4, 0.5) is 0 Å². The summed E-state index contributed by atoms with van der Waals surface area (Å²) in [4.78, 5) is 23.3. The van der Waals surface area contributed by atoms with Gasteiger partial charge >= 0.3 is 0 Å². The molecule has 2 fully saturated rings. The minimum atomic E-state index is -0.240. The molecule has 2 aliphatic carbocycles.